The van der Waals surface area contributed by atoms with E-state index in [1.54, 1.807) is 50.4 Å². The van der Waals surface area contributed by atoms with Crippen LogP contribution < -0.4 is 26.6 Å². The molecule has 9 N–H and O–H groups in total. The van der Waals surface area contributed by atoms with Crippen LogP contribution in [0, 0.1) is 5.92 Å². The Morgan fingerprint density at radius 1 is 0.776 bits per heavy atom. The molecule has 2 saturated heterocycles. The van der Waals surface area contributed by atoms with Crippen LogP contribution in [0.3, 0.4) is 0 Å². The number of aliphatic hydroxyl groups is 1. The fourth-order valence-electron chi connectivity index (χ4n) is 9.52. The number of benzene rings is 3. The standard InChI is InChI=1S/C55H70N8O13/c1-6-7-9-18-44(65)57-39(24-26-46(67)68)49(69)61-48-32(4)76-55(75)47(31(2)3)60-51(71)42(29-35-30-56-38-17-13-12-16-37(35)38)62(5)54(74)43(28-33-14-10-8-11-15-33)63-45(66)25-23-40(53(63)73)58-50(70)41(59-52(48)72)27-34-19-21-36(64)22-20-34/h8,10-17,19-22,30-32,39-43,45,47-48,56,64,66H,6-7,9,18,23-29H2,1-5H3,(H,57,65)(H,58,70)(H,59,72)(H,60,71)(H,61,69)(H,67,68)/t32-,39+,40-,41-,42-,43-,45+,47?,48-/m0/s1. The van der Waals surface area contributed by atoms with Gasteiger partial charge in [-0.15, -0.1) is 0 Å². The number of aromatic hydroxyl groups is 1. The molecule has 0 aliphatic carbocycles. The first-order valence-corrected chi connectivity index (χ1v) is 25.8. The number of piperidine rings is 1. The molecule has 2 aliphatic rings. The van der Waals surface area contributed by atoms with E-state index in [1.165, 1.54) is 43.1 Å². The average molecular weight is 1050 g/mol. The minimum Gasteiger partial charge on any atom is -0.508 e. The van der Waals surface area contributed by atoms with Crippen molar-refractivity contribution in [2.45, 2.75) is 153 Å². The molecule has 6 rings (SSSR count). The lowest BCUT2D eigenvalue weighted by molar-refractivity contribution is -0.165. The van der Waals surface area contributed by atoms with Crippen LogP contribution in [0.5, 0.6) is 5.75 Å². The van der Waals surface area contributed by atoms with E-state index >= 15 is 4.79 Å². The zero-order valence-electron chi connectivity index (χ0n) is 43.5. The second kappa shape index (κ2) is 26.6. The molecule has 76 heavy (non-hydrogen) atoms. The summed E-state index contributed by atoms with van der Waals surface area (Å²) in [5.41, 5.74) is 2.41. The predicted molar refractivity (Wildman–Crippen MR) is 277 cm³/mol. The van der Waals surface area contributed by atoms with E-state index in [2.05, 4.69) is 31.6 Å². The number of nitrogens with zero attached hydrogens (tertiary/aromatic N) is 2. The van der Waals surface area contributed by atoms with Crippen LogP contribution in [0.25, 0.3) is 10.9 Å². The molecule has 3 aromatic carbocycles. The molecule has 0 saturated carbocycles. The molecule has 2 bridgehead atoms. The molecule has 0 spiro atoms. The quantitative estimate of drug-likeness (QED) is 0.0543. The third-order valence-electron chi connectivity index (χ3n) is 13.9. The third-order valence-corrected chi connectivity index (χ3v) is 13.9. The van der Waals surface area contributed by atoms with Crippen LogP contribution in [0.2, 0.25) is 0 Å². The number of hydrogen-bond acceptors (Lipinski definition) is 12. The number of phenolic OH excluding ortho intramolecular Hbond substituents is 1. The van der Waals surface area contributed by atoms with E-state index in [0.29, 0.717) is 29.5 Å². The van der Waals surface area contributed by atoms with Gasteiger partial charge < -0.3 is 61.4 Å². The van der Waals surface area contributed by atoms with Crippen molar-refractivity contribution in [2.24, 2.45) is 5.92 Å². The van der Waals surface area contributed by atoms with Gasteiger partial charge >= 0.3 is 11.9 Å². The molecule has 1 unspecified atom stereocenters. The number of amides is 7. The molecule has 1 aromatic heterocycles. The monoisotopic (exact) mass is 1050 g/mol. The van der Waals surface area contributed by atoms with Crippen molar-refractivity contribution < 1.29 is 63.2 Å². The maximum Gasteiger partial charge on any atom is 0.329 e. The summed E-state index contributed by atoms with van der Waals surface area (Å²) in [5.74, 6) is -9.03. The fourth-order valence-corrected chi connectivity index (χ4v) is 9.52. The van der Waals surface area contributed by atoms with Crippen molar-refractivity contribution in [3.05, 3.63) is 102 Å². The van der Waals surface area contributed by atoms with Crippen molar-refractivity contribution in [1.29, 1.82) is 0 Å². The number of fused-ring (bicyclic) bond motifs is 3. The van der Waals surface area contributed by atoms with Crippen molar-refractivity contribution in [3.8, 4) is 5.75 Å². The average Bonchev–Trinajstić information content (AvgIpc) is 3.80. The Balaban J connectivity index is 1.46. The number of aliphatic hydroxyl groups excluding tert-OH is 1. The highest BCUT2D eigenvalue weighted by Crippen LogP contribution is 2.27. The number of aromatic amines is 1. The molecule has 21 heteroatoms. The number of carboxylic acid groups (broad SMARTS) is 1. The lowest BCUT2D eigenvalue weighted by atomic mass is 9.95. The first-order chi connectivity index (χ1) is 36.3. The minimum atomic E-state index is -1.85. The molecular weight excluding hydrogens is 981 g/mol. The molecular formula is C55H70N8O13. The molecule has 2 fully saturated rings. The summed E-state index contributed by atoms with van der Waals surface area (Å²) >= 11 is 0. The summed E-state index contributed by atoms with van der Waals surface area (Å²) in [4.78, 5) is 134. The number of H-pyrrole nitrogens is 1. The lowest BCUT2D eigenvalue weighted by Gasteiger charge is -2.43. The zero-order chi connectivity index (χ0) is 55.2. The van der Waals surface area contributed by atoms with E-state index in [-0.39, 0.29) is 50.7 Å². The fraction of sp³-hybridized carbons (Fsp3) is 0.473. The Morgan fingerprint density at radius 3 is 2.14 bits per heavy atom. The number of carboxylic acids is 1. The largest absolute Gasteiger partial charge is 0.508 e. The SMILES string of the molecule is CCCCCC(=O)N[C@H](CCC(=O)O)C(=O)N[C@@H]1C(=O)N[C@@H](Cc2ccc(O)cc2)C(=O)N[C@H]2CC[C@@H](O)N(C2=O)[C@@H](Cc2ccccc2)C(=O)N(C)[C@@H](Cc2c[nH]c3ccccc23)C(=O)NC(C(C)C)C(=O)O[C@H]1C. The molecule has 408 valence electrons. The summed E-state index contributed by atoms with van der Waals surface area (Å²) in [6, 6.07) is 11.3. The lowest BCUT2D eigenvalue weighted by Crippen LogP contribution is -2.65. The molecule has 3 heterocycles. The first kappa shape index (κ1) is 57.5. The number of unbranched alkanes of at least 4 members (excludes halogenated alkanes) is 2. The first-order valence-electron chi connectivity index (χ1n) is 25.8. The van der Waals surface area contributed by atoms with Crippen molar-refractivity contribution in [1.82, 2.24) is 41.4 Å². The summed E-state index contributed by atoms with van der Waals surface area (Å²) in [5, 5.41) is 45.3. The van der Waals surface area contributed by atoms with Crippen LogP contribution in [-0.2, 0) is 67.2 Å². The van der Waals surface area contributed by atoms with Gasteiger partial charge in [-0.3, -0.25) is 38.4 Å². The van der Waals surface area contributed by atoms with E-state index in [4.69, 9.17) is 4.74 Å². The van der Waals surface area contributed by atoms with Crippen LogP contribution in [0.4, 0.5) is 0 Å². The van der Waals surface area contributed by atoms with Crippen LogP contribution in [-0.4, -0.2) is 145 Å². The number of hydrogen-bond donors (Lipinski definition) is 9. The number of cyclic esters (lactones) is 1. The Morgan fingerprint density at radius 2 is 1.46 bits per heavy atom. The third kappa shape index (κ3) is 14.9. The summed E-state index contributed by atoms with van der Waals surface area (Å²) < 4.78 is 5.95. The van der Waals surface area contributed by atoms with Crippen molar-refractivity contribution in [2.75, 3.05) is 7.05 Å². The Labute approximate surface area is 440 Å². The van der Waals surface area contributed by atoms with Gasteiger partial charge in [-0.05, 0) is 73.4 Å². The van der Waals surface area contributed by atoms with Gasteiger partial charge in [-0.1, -0.05) is 94.3 Å². The summed E-state index contributed by atoms with van der Waals surface area (Å²) in [6.45, 7) is 6.48. The zero-order valence-corrected chi connectivity index (χ0v) is 43.5. The highest BCUT2D eigenvalue weighted by atomic mass is 16.5. The second-order valence-corrected chi connectivity index (χ2v) is 19.9. The number of para-hydroxylation sites is 1. The number of ether oxygens (including phenoxy) is 1. The Hall–Kier alpha value is -7.81. The number of carbonyl (C=O) groups is 9. The van der Waals surface area contributed by atoms with Crippen LogP contribution in [0.1, 0.15) is 95.8 Å². The van der Waals surface area contributed by atoms with Crippen molar-refractivity contribution >= 4 is 64.2 Å². The van der Waals surface area contributed by atoms with Crippen LogP contribution in [0.15, 0.2) is 85.1 Å². The highest BCUT2D eigenvalue weighted by Gasteiger charge is 2.46. The number of rotatable bonds is 17. The maximum atomic E-state index is 15.3. The summed E-state index contributed by atoms with van der Waals surface area (Å²) in [6.07, 6.45) is -1.01. The molecule has 7 amide bonds. The predicted octanol–water partition coefficient (Wildman–Crippen LogP) is 2.51. The topological polar surface area (TPSA) is 306 Å². The second-order valence-electron chi connectivity index (χ2n) is 19.9. The number of esters is 1. The number of carbonyl (C=O) groups excluding carboxylic acids is 8. The van der Waals surface area contributed by atoms with Gasteiger partial charge in [0.25, 0.3) is 0 Å². The van der Waals surface area contributed by atoms with E-state index in [9.17, 15) is 53.7 Å². The van der Waals surface area contributed by atoms with Gasteiger partial charge in [-0.2, -0.15) is 0 Å². The number of aromatic nitrogens is 1. The maximum absolute atomic E-state index is 15.3. The number of phenols is 1. The highest BCUT2D eigenvalue weighted by molar-refractivity contribution is 5.99. The Kier molecular flexibility index (Phi) is 20.1. The van der Waals surface area contributed by atoms with Gasteiger partial charge in [0, 0.05) is 56.3 Å². The van der Waals surface area contributed by atoms with Gasteiger partial charge in [0.15, 0.2) is 0 Å². The summed E-state index contributed by atoms with van der Waals surface area (Å²) in [7, 11) is 1.39. The van der Waals surface area contributed by atoms with Gasteiger partial charge in [-0.25, -0.2) is 4.79 Å². The van der Waals surface area contributed by atoms with Crippen LogP contribution >= 0.6 is 0 Å². The van der Waals surface area contributed by atoms with Gasteiger partial charge in [0.1, 0.15) is 60.4 Å². The number of nitrogens with one attached hydrogen (secondary N) is 6. The molecule has 4 aromatic rings. The minimum absolute atomic E-state index is 0.0273. The number of aliphatic carboxylic acids is 1. The molecule has 21 nitrogen and oxygen atoms in total. The van der Waals surface area contributed by atoms with Gasteiger partial charge in [0.2, 0.25) is 41.4 Å². The van der Waals surface area contributed by atoms with Crippen molar-refractivity contribution in [3.63, 3.8) is 0 Å². The van der Waals surface area contributed by atoms with Gasteiger partial charge in [0.05, 0.1) is 0 Å². The smallest absolute Gasteiger partial charge is 0.329 e. The van der Waals surface area contributed by atoms with E-state index < -0.39 is 120 Å². The molecule has 2 aliphatic heterocycles. The van der Waals surface area contributed by atoms with E-state index in [0.717, 1.165) is 22.2 Å². The molecule has 9 atom stereocenters. The number of likely N-dealkylation sites (N-methyl/N-ethyl adjacent to an activating group) is 1. The molecule has 0 radical (unpaired) electrons. The van der Waals surface area contributed by atoms with E-state index in [1.807, 2.05) is 31.2 Å². The Bertz CT molecular complexity index is 2710. The normalized spacial score (nSPS) is 23.6.